The van der Waals surface area contributed by atoms with Crippen molar-refractivity contribution in [2.75, 3.05) is 4.90 Å². The molecule has 0 unspecified atom stereocenters. The molecule has 2 aromatic carbocycles. The molecule has 0 atom stereocenters. The van der Waals surface area contributed by atoms with E-state index in [1.807, 2.05) is 0 Å². The third-order valence-corrected chi connectivity index (χ3v) is 5.13. The van der Waals surface area contributed by atoms with E-state index in [1.165, 1.54) is 54.6 Å². The Balaban J connectivity index is 1.68. The first-order valence-electron chi connectivity index (χ1n) is 8.96. The summed E-state index contributed by atoms with van der Waals surface area (Å²) >= 11 is 11.2. The average Bonchev–Trinajstić information content (AvgIpc) is 3.20. The van der Waals surface area contributed by atoms with Crippen molar-refractivity contribution in [2.24, 2.45) is 0 Å². The number of thiocarbonyl (C=S) groups is 1. The van der Waals surface area contributed by atoms with Gasteiger partial charge < -0.3 is 4.42 Å². The summed E-state index contributed by atoms with van der Waals surface area (Å²) in [6.45, 7) is 0. The number of nitrogens with zero attached hydrogens (tertiary/aromatic N) is 2. The maximum Gasteiger partial charge on any atom is 0.270 e. The average molecular weight is 472 g/mol. The molecule has 3 aromatic rings. The minimum atomic E-state index is -0.824. The first-order chi connectivity index (χ1) is 15.3. The number of hydrogen-bond acceptors (Lipinski definition) is 6. The van der Waals surface area contributed by atoms with Crippen LogP contribution < -0.4 is 10.2 Å². The van der Waals surface area contributed by atoms with Crippen molar-refractivity contribution in [2.45, 2.75) is 0 Å². The highest BCUT2D eigenvalue weighted by molar-refractivity contribution is 7.80. The van der Waals surface area contributed by atoms with Gasteiger partial charge in [-0.1, -0.05) is 23.7 Å². The standard InChI is InChI=1S/C21H11ClFN3O5S/c22-15-9-11(26(29)30)5-7-13(15)18-8-6-12(31-18)10-14-19(27)24-21(32)25(20(14)28)17-4-2-1-3-16(17)23/h1-10H,(H,24,27,32)/b14-10+. The number of rotatable bonds is 4. The van der Waals surface area contributed by atoms with Crippen molar-refractivity contribution in [3.8, 4) is 11.3 Å². The van der Waals surface area contributed by atoms with Gasteiger partial charge in [0.15, 0.2) is 5.11 Å². The topological polar surface area (TPSA) is 106 Å². The fourth-order valence-electron chi connectivity index (χ4n) is 3.04. The number of benzene rings is 2. The minimum absolute atomic E-state index is 0.0929. The number of carbonyl (C=O) groups excluding carboxylic acids is 2. The van der Waals surface area contributed by atoms with Crippen LogP contribution in [0.4, 0.5) is 15.8 Å². The molecule has 0 bridgehead atoms. The molecule has 1 saturated heterocycles. The van der Waals surface area contributed by atoms with E-state index in [9.17, 15) is 24.1 Å². The molecular weight excluding hydrogens is 461 g/mol. The van der Waals surface area contributed by atoms with Crippen LogP contribution in [-0.4, -0.2) is 21.9 Å². The third kappa shape index (κ3) is 3.88. The molecule has 11 heteroatoms. The summed E-state index contributed by atoms with van der Waals surface area (Å²) in [5, 5.41) is 13.1. The van der Waals surface area contributed by atoms with Gasteiger partial charge in [0.05, 0.1) is 15.6 Å². The maximum atomic E-state index is 14.2. The van der Waals surface area contributed by atoms with Crippen LogP contribution in [-0.2, 0) is 9.59 Å². The molecule has 32 heavy (non-hydrogen) atoms. The highest BCUT2D eigenvalue weighted by Crippen LogP contribution is 2.33. The number of amides is 2. The Morgan fingerprint density at radius 3 is 2.59 bits per heavy atom. The van der Waals surface area contributed by atoms with Gasteiger partial charge in [-0.25, -0.2) is 9.29 Å². The molecular formula is C21H11ClFN3O5S. The third-order valence-electron chi connectivity index (χ3n) is 4.54. The lowest BCUT2D eigenvalue weighted by Crippen LogP contribution is -2.54. The summed E-state index contributed by atoms with van der Waals surface area (Å²) in [6, 6.07) is 12.4. The van der Waals surface area contributed by atoms with Gasteiger partial charge in [-0.05, 0) is 48.6 Å². The lowest BCUT2D eigenvalue weighted by atomic mass is 10.1. The van der Waals surface area contributed by atoms with Crippen LogP contribution in [0.5, 0.6) is 0 Å². The smallest absolute Gasteiger partial charge is 0.270 e. The largest absolute Gasteiger partial charge is 0.457 e. The molecule has 160 valence electrons. The van der Waals surface area contributed by atoms with Gasteiger partial charge in [0.25, 0.3) is 17.5 Å². The number of nitro groups is 1. The summed E-state index contributed by atoms with van der Waals surface area (Å²) in [7, 11) is 0. The highest BCUT2D eigenvalue weighted by atomic mass is 35.5. The molecule has 2 amide bonds. The molecule has 1 N–H and O–H groups in total. The molecule has 1 fully saturated rings. The quantitative estimate of drug-likeness (QED) is 0.198. The molecule has 1 aliphatic rings. The zero-order valence-corrected chi connectivity index (χ0v) is 17.4. The second-order valence-corrected chi connectivity index (χ2v) is 7.33. The Labute approximate surface area is 190 Å². The summed E-state index contributed by atoms with van der Waals surface area (Å²) < 4.78 is 19.9. The molecule has 8 nitrogen and oxygen atoms in total. The summed E-state index contributed by atoms with van der Waals surface area (Å²) in [5.41, 5.74) is -0.222. The number of nitro benzene ring substituents is 1. The van der Waals surface area contributed by atoms with Gasteiger partial charge in [0, 0.05) is 17.7 Å². The van der Waals surface area contributed by atoms with Crippen LogP contribution in [0.15, 0.2) is 64.6 Å². The predicted octanol–water partition coefficient (Wildman–Crippen LogP) is 4.48. The molecule has 4 rings (SSSR count). The van der Waals surface area contributed by atoms with Crippen molar-refractivity contribution in [1.29, 1.82) is 0 Å². The fourth-order valence-corrected chi connectivity index (χ4v) is 3.59. The van der Waals surface area contributed by atoms with E-state index < -0.39 is 22.6 Å². The first kappa shape index (κ1) is 21.3. The Kier molecular flexibility index (Phi) is 5.56. The van der Waals surface area contributed by atoms with Gasteiger partial charge in [-0.3, -0.25) is 25.0 Å². The second-order valence-electron chi connectivity index (χ2n) is 6.53. The van der Waals surface area contributed by atoms with E-state index in [2.05, 4.69) is 5.32 Å². The van der Waals surface area contributed by atoms with E-state index in [1.54, 1.807) is 0 Å². The van der Waals surface area contributed by atoms with Crippen molar-refractivity contribution < 1.29 is 23.3 Å². The zero-order valence-electron chi connectivity index (χ0n) is 15.9. The first-order valence-corrected chi connectivity index (χ1v) is 9.75. The van der Waals surface area contributed by atoms with Crippen LogP contribution >= 0.6 is 23.8 Å². The number of carbonyl (C=O) groups is 2. The molecule has 1 aliphatic heterocycles. The number of hydrogen-bond donors (Lipinski definition) is 1. The zero-order chi connectivity index (χ0) is 23.0. The minimum Gasteiger partial charge on any atom is -0.457 e. The SMILES string of the molecule is O=C1NC(=S)N(c2ccccc2F)C(=O)/C1=C/c1ccc(-c2ccc([N+](=O)[O-])cc2Cl)o1. The number of nitrogens with one attached hydrogen (secondary N) is 1. The Hall–Kier alpha value is -3.89. The van der Waals surface area contributed by atoms with Crippen molar-refractivity contribution in [3.63, 3.8) is 0 Å². The maximum absolute atomic E-state index is 14.2. The van der Waals surface area contributed by atoms with Crippen LogP contribution in [0.3, 0.4) is 0 Å². The predicted molar refractivity (Wildman–Crippen MR) is 118 cm³/mol. The van der Waals surface area contributed by atoms with E-state index in [4.69, 9.17) is 28.2 Å². The molecule has 2 heterocycles. The van der Waals surface area contributed by atoms with Gasteiger partial charge in [-0.15, -0.1) is 0 Å². The summed E-state index contributed by atoms with van der Waals surface area (Å²) in [5.74, 6) is -1.88. The van der Waals surface area contributed by atoms with E-state index in [0.717, 1.165) is 11.0 Å². The Morgan fingerprint density at radius 2 is 1.91 bits per heavy atom. The summed E-state index contributed by atoms with van der Waals surface area (Å²) in [4.78, 5) is 36.5. The second kappa shape index (κ2) is 8.33. The number of anilines is 1. The molecule has 0 saturated carbocycles. The van der Waals surface area contributed by atoms with E-state index in [-0.39, 0.29) is 38.6 Å². The lowest BCUT2D eigenvalue weighted by Gasteiger charge is -2.28. The van der Waals surface area contributed by atoms with Crippen molar-refractivity contribution in [1.82, 2.24) is 5.32 Å². The number of para-hydroxylation sites is 1. The highest BCUT2D eigenvalue weighted by Gasteiger charge is 2.35. The van der Waals surface area contributed by atoms with E-state index in [0.29, 0.717) is 5.56 Å². The van der Waals surface area contributed by atoms with E-state index >= 15 is 0 Å². The van der Waals surface area contributed by atoms with Crippen molar-refractivity contribution in [3.05, 3.63) is 86.9 Å². The number of non-ortho nitro benzene ring substituents is 1. The monoisotopic (exact) mass is 471 g/mol. The van der Waals surface area contributed by atoms with Crippen LogP contribution in [0.25, 0.3) is 17.4 Å². The number of furan rings is 1. The Bertz CT molecular complexity index is 1340. The Morgan fingerprint density at radius 1 is 1.16 bits per heavy atom. The molecule has 0 aliphatic carbocycles. The summed E-state index contributed by atoms with van der Waals surface area (Å²) in [6.07, 6.45) is 1.19. The van der Waals surface area contributed by atoms with Gasteiger partial charge in [0.2, 0.25) is 0 Å². The lowest BCUT2D eigenvalue weighted by molar-refractivity contribution is -0.384. The molecule has 0 radical (unpaired) electrons. The van der Waals surface area contributed by atoms with Gasteiger partial charge in [0.1, 0.15) is 22.9 Å². The van der Waals surface area contributed by atoms with Crippen LogP contribution in [0.1, 0.15) is 5.76 Å². The van der Waals surface area contributed by atoms with Gasteiger partial charge in [-0.2, -0.15) is 0 Å². The number of halogens is 2. The fraction of sp³-hybridized carbons (Fsp3) is 0. The normalized spacial score (nSPS) is 15.2. The van der Waals surface area contributed by atoms with Crippen LogP contribution in [0.2, 0.25) is 5.02 Å². The van der Waals surface area contributed by atoms with Gasteiger partial charge >= 0.3 is 0 Å². The van der Waals surface area contributed by atoms with Crippen molar-refractivity contribution >= 4 is 58.2 Å². The molecule has 1 aromatic heterocycles. The van der Waals surface area contributed by atoms with Crippen LogP contribution in [0, 0.1) is 15.9 Å². The molecule has 0 spiro atoms.